The van der Waals surface area contributed by atoms with Gasteiger partial charge in [0.2, 0.25) is 5.91 Å². The van der Waals surface area contributed by atoms with Gasteiger partial charge in [-0.2, -0.15) is 5.10 Å². The van der Waals surface area contributed by atoms with Gasteiger partial charge in [-0.3, -0.25) is 4.79 Å². The minimum absolute atomic E-state index is 0.0910. The fraction of sp³-hybridized carbons (Fsp3) is 0.462. The van der Waals surface area contributed by atoms with Crippen LogP contribution in [0.25, 0.3) is 0 Å². The predicted molar refractivity (Wildman–Crippen MR) is 75.4 cm³/mol. The lowest BCUT2D eigenvalue weighted by Gasteiger charge is -2.18. The lowest BCUT2D eigenvalue weighted by atomic mass is 9.96. The first-order chi connectivity index (χ1) is 10.2. The van der Waals surface area contributed by atoms with Crippen LogP contribution in [0, 0.1) is 12.3 Å². The Morgan fingerprint density at radius 1 is 1.36 bits per heavy atom. The second kappa shape index (κ2) is 5.58. The van der Waals surface area contributed by atoms with Crippen molar-refractivity contribution >= 4 is 17.7 Å². The quantitative estimate of drug-likeness (QED) is 0.872. The summed E-state index contributed by atoms with van der Waals surface area (Å²) >= 11 is 0. The predicted octanol–water partition coefficient (Wildman–Crippen LogP) is 1.31. The van der Waals surface area contributed by atoms with Gasteiger partial charge in [-0.05, 0) is 6.92 Å². The van der Waals surface area contributed by atoms with E-state index in [0.29, 0.717) is 11.4 Å². The maximum Gasteiger partial charge on any atom is 0.341 e. The van der Waals surface area contributed by atoms with E-state index in [9.17, 15) is 14.7 Å². The smallest absolute Gasteiger partial charge is 0.341 e. The van der Waals surface area contributed by atoms with Gasteiger partial charge in [0, 0.05) is 5.41 Å². The molecule has 0 aromatic carbocycles. The third kappa shape index (κ3) is 3.13. The number of aromatic carboxylic acids is 1. The third-order valence-corrected chi connectivity index (χ3v) is 3.03. The molecule has 2 N–H and O–H groups in total. The molecule has 2 rings (SSSR count). The molecule has 0 fully saturated rings. The Balaban J connectivity index is 2.37. The molecule has 2 aromatic heterocycles. The molecule has 2 aromatic rings. The summed E-state index contributed by atoms with van der Waals surface area (Å²) in [7, 11) is 0. The number of carboxylic acids is 1. The number of carboxylic acid groups (broad SMARTS) is 1. The Labute approximate surface area is 126 Å². The van der Waals surface area contributed by atoms with Crippen LogP contribution in [-0.4, -0.2) is 37.1 Å². The maximum atomic E-state index is 12.1. The zero-order valence-electron chi connectivity index (χ0n) is 12.7. The van der Waals surface area contributed by atoms with Gasteiger partial charge in [-0.1, -0.05) is 31.1 Å². The molecule has 0 spiro atoms. The van der Waals surface area contributed by atoms with Crippen molar-refractivity contribution in [3.05, 3.63) is 23.1 Å². The molecule has 0 aliphatic heterocycles. The summed E-state index contributed by atoms with van der Waals surface area (Å²) in [5.74, 6) is -1.38. The largest absolute Gasteiger partial charge is 0.477 e. The molecule has 0 aliphatic carbocycles. The minimum Gasteiger partial charge on any atom is -0.477 e. The molecular formula is C13H17N5O4. The van der Waals surface area contributed by atoms with Crippen molar-refractivity contribution in [1.82, 2.24) is 20.1 Å². The highest BCUT2D eigenvalue weighted by Gasteiger charge is 2.26. The Morgan fingerprint density at radius 3 is 2.55 bits per heavy atom. The molecule has 118 valence electrons. The monoisotopic (exact) mass is 307 g/mol. The van der Waals surface area contributed by atoms with Crippen LogP contribution in [0.2, 0.25) is 0 Å². The lowest BCUT2D eigenvalue weighted by molar-refractivity contribution is -0.123. The van der Waals surface area contributed by atoms with E-state index < -0.39 is 11.4 Å². The number of nitrogens with zero attached hydrogens (tertiary/aromatic N) is 4. The number of aromatic nitrogens is 4. The van der Waals surface area contributed by atoms with Crippen molar-refractivity contribution < 1.29 is 19.3 Å². The fourth-order valence-corrected chi connectivity index (χ4v) is 1.62. The van der Waals surface area contributed by atoms with Gasteiger partial charge < -0.3 is 10.4 Å². The van der Waals surface area contributed by atoms with Gasteiger partial charge in [-0.25, -0.2) is 14.1 Å². The number of nitrogens with one attached hydrogen (secondary N) is 1. The molecule has 2 heterocycles. The molecule has 0 atom stereocenters. The summed E-state index contributed by atoms with van der Waals surface area (Å²) in [6.07, 6.45) is 1.18. The average molecular weight is 307 g/mol. The molecule has 0 saturated heterocycles. The number of anilines is 1. The lowest BCUT2D eigenvalue weighted by Crippen LogP contribution is -2.29. The normalized spacial score (nSPS) is 11.5. The van der Waals surface area contributed by atoms with Gasteiger partial charge in [0.1, 0.15) is 22.8 Å². The van der Waals surface area contributed by atoms with Gasteiger partial charge in [-0.15, -0.1) is 0 Å². The third-order valence-electron chi connectivity index (χ3n) is 3.03. The second-order valence-corrected chi connectivity index (χ2v) is 5.87. The highest BCUT2D eigenvalue weighted by atomic mass is 16.6. The topological polar surface area (TPSA) is 123 Å². The summed E-state index contributed by atoms with van der Waals surface area (Å²) < 4.78 is 5.95. The summed E-state index contributed by atoms with van der Waals surface area (Å²) in [5.41, 5.74) is 0.314. The summed E-state index contributed by atoms with van der Waals surface area (Å²) in [5, 5.41) is 23.2. The zero-order valence-corrected chi connectivity index (χ0v) is 12.7. The average Bonchev–Trinajstić information content (AvgIpc) is 2.97. The Bertz CT molecular complexity index is 710. The van der Waals surface area contributed by atoms with Crippen molar-refractivity contribution in [2.75, 3.05) is 5.32 Å². The zero-order chi connectivity index (χ0) is 16.5. The SMILES string of the molecule is Cc1nonc1Cn1ncc(C(=O)O)c1NC(=O)C(C)(C)C. The van der Waals surface area contributed by atoms with Gasteiger partial charge in [0.25, 0.3) is 0 Å². The van der Waals surface area contributed by atoms with E-state index in [-0.39, 0.29) is 23.8 Å². The highest BCUT2D eigenvalue weighted by Crippen LogP contribution is 2.21. The Morgan fingerprint density at radius 2 is 2.05 bits per heavy atom. The number of amides is 1. The van der Waals surface area contributed by atoms with Crippen LogP contribution in [0.4, 0.5) is 5.82 Å². The van der Waals surface area contributed by atoms with Crippen molar-refractivity contribution in [1.29, 1.82) is 0 Å². The number of hydrogen-bond acceptors (Lipinski definition) is 6. The molecule has 22 heavy (non-hydrogen) atoms. The van der Waals surface area contributed by atoms with E-state index >= 15 is 0 Å². The van der Waals surface area contributed by atoms with Gasteiger partial charge in [0.15, 0.2) is 0 Å². The van der Waals surface area contributed by atoms with Crippen LogP contribution in [-0.2, 0) is 11.3 Å². The summed E-state index contributed by atoms with van der Waals surface area (Å²) in [4.78, 5) is 23.4. The first-order valence-corrected chi connectivity index (χ1v) is 6.58. The van der Waals surface area contributed by atoms with E-state index in [1.165, 1.54) is 10.9 Å². The first kappa shape index (κ1) is 15.7. The molecule has 0 bridgehead atoms. The maximum absolute atomic E-state index is 12.1. The Hall–Kier alpha value is -2.71. The van der Waals surface area contributed by atoms with Crippen LogP contribution in [0.1, 0.15) is 42.5 Å². The van der Waals surface area contributed by atoms with Crippen LogP contribution in [0.3, 0.4) is 0 Å². The molecule has 0 aliphatic rings. The number of aryl methyl sites for hydroxylation is 1. The van der Waals surface area contributed by atoms with Crippen LogP contribution in [0.5, 0.6) is 0 Å². The van der Waals surface area contributed by atoms with Gasteiger partial charge >= 0.3 is 5.97 Å². The van der Waals surface area contributed by atoms with E-state index in [1.807, 2.05) is 0 Å². The van der Waals surface area contributed by atoms with Crippen molar-refractivity contribution in [3.63, 3.8) is 0 Å². The standard InChI is InChI=1S/C13H17N5O4/c1-7-9(17-22-16-7)6-18-10(8(5-14-18)11(19)20)15-12(21)13(2,3)4/h5H,6H2,1-4H3,(H,15,21)(H,19,20). The van der Waals surface area contributed by atoms with Gasteiger partial charge in [0.05, 0.1) is 12.7 Å². The second-order valence-electron chi connectivity index (χ2n) is 5.87. The van der Waals surface area contributed by atoms with E-state index in [0.717, 1.165) is 0 Å². The fourth-order valence-electron chi connectivity index (χ4n) is 1.62. The number of rotatable bonds is 4. The van der Waals surface area contributed by atoms with Crippen LogP contribution >= 0.6 is 0 Å². The number of hydrogen-bond donors (Lipinski definition) is 2. The summed E-state index contributed by atoms with van der Waals surface area (Å²) in [6, 6.07) is 0. The molecular weight excluding hydrogens is 290 g/mol. The molecule has 0 saturated carbocycles. The van der Waals surface area contributed by atoms with E-state index in [2.05, 4.69) is 25.4 Å². The minimum atomic E-state index is -1.18. The summed E-state index contributed by atoms with van der Waals surface area (Å²) in [6.45, 7) is 7.04. The van der Waals surface area contributed by atoms with Crippen molar-refractivity contribution in [3.8, 4) is 0 Å². The van der Waals surface area contributed by atoms with Crippen molar-refractivity contribution in [2.24, 2.45) is 5.41 Å². The van der Waals surface area contributed by atoms with Crippen LogP contribution < -0.4 is 5.32 Å². The number of carbonyl (C=O) groups is 2. The number of carbonyl (C=O) groups excluding carboxylic acids is 1. The van der Waals surface area contributed by atoms with E-state index in [4.69, 9.17) is 0 Å². The molecule has 9 nitrogen and oxygen atoms in total. The molecule has 9 heteroatoms. The molecule has 1 amide bonds. The Kier molecular flexibility index (Phi) is 3.98. The van der Waals surface area contributed by atoms with Crippen LogP contribution in [0.15, 0.2) is 10.8 Å². The highest BCUT2D eigenvalue weighted by molar-refractivity contribution is 6.00. The van der Waals surface area contributed by atoms with E-state index in [1.54, 1.807) is 27.7 Å². The van der Waals surface area contributed by atoms with Crippen molar-refractivity contribution in [2.45, 2.75) is 34.2 Å². The molecule has 0 radical (unpaired) electrons. The first-order valence-electron chi connectivity index (χ1n) is 6.58. The molecule has 0 unspecified atom stereocenters.